The Balaban J connectivity index is 1.82. The second-order valence-electron chi connectivity index (χ2n) is 6.50. The van der Waals surface area contributed by atoms with Crippen LogP contribution in [0.15, 0.2) is 24.3 Å². The van der Waals surface area contributed by atoms with Crippen molar-refractivity contribution in [3.05, 3.63) is 39.9 Å². The van der Waals surface area contributed by atoms with Crippen LogP contribution in [0, 0.1) is 17.0 Å². The van der Waals surface area contributed by atoms with E-state index in [0.717, 1.165) is 50.2 Å². The number of anilines is 1. The van der Waals surface area contributed by atoms with E-state index >= 15 is 0 Å². The molecule has 0 aliphatic carbocycles. The summed E-state index contributed by atoms with van der Waals surface area (Å²) in [4.78, 5) is 20.7. The molecular formula is C17H20N4O2. The Kier molecular flexibility index (Phi) is 3.41. The number of nitro groups is 1. The van der Waals surface area contributed by atoms with Gasteiger partial charge in [-0.15, -0.1) is 0 Å². The number of hydrogen-bond acceptors (Lipinski definition) is 5. The Hall–Kier alpha value is -2.21. The van der Waals surface area contributed by atoms with Gasteiger partial charge < -0.3 is 9.80 Å². The van der Waals surface area contributed by atoms with Crippen LogP contribution in [-0.4, -0.2) is 47.0 Å². The standard InChI is InChI=1S/C17H20N4O2/c1-12-2-3-13-4-5-15(18-16(13)17(12)21(22)23)20-11-10-19-8-6-14(20)7-9-19/h2-5,14H,6-11H2,1H3. The summed E-state index contributed by atoms with van der Waals surface area (Å²) < 4.78 is 0. The van der Waals surface area contributed by atoms with Gasteiger partial charge in [-0.2, -0.15) is 0 Å². The molecule has 4 heterocycles. The molecule has 0 saturated carbocycles. The van der Waals surface area contributed by atoms with Crippen LogP contribution in [0.5, 0.6) is 0 Å². The molecule has 0 unspecified atom stereocenters. The van der Waals surface area contributed by atoms with Gasteiger partial charge in [-0.3, -0.25) is 10.1 Å². The fourth-order valence-corrected chi connectivity index (χ4v) is 3.84. The fraction of sp³-hybridized carbons (Fsp3) is 0.471. The van der Waals surface area contributed by atoms with E-state index in [-0.39, 0.29) is 10.6 Å². The highest BCUT2D eigenvalue weighted by molar-refractivity contribution is 5.89. The highest BCUT2D eigenvalue weighted by Crippen LogP contribution is 2.31. The number of aryl methyl sites for hydroxylation is 1. The minimum Gasteiger partial charge on any atom is -0.352 e. The topological polar surface area (TPSA) is 62.5 Å². The van der Waals surface area contributed by atoms with Gasteiger partial charge >= 0.3 is 0 Å². The number of pyridine rings is 1. The summed E-state index contributed by atoms with van der Waals surface area (Å²) in [5.41, 5.74) is 1.30. The van der Waals surface area contributed by atoms with Gasteiger partial charge in [0.1, 0.15) is 5.82 Å². The third kappa shape index (κ3) is 2.43. The lowest BCUT2D eigenvalue weighted by molar-refractivity contribution is -0.383. The van der Waals surface area contributed by atoms with E-state index in [0.29, 0.717) is 17.1 Å². The molecule has 1 aromatic carbocycles. The predicted octanol–water partition coefficient (Wildman–Crippen LogP) is 2.74. The van der Waals surface area contributed by atoms with Gasteiger partial charge in [0.15, 0.2) is 5.52 Å². The molecule has 6 heteroatoms. The summed E-state index contributed by atoms with van der Waals surface area (Å²) >= 11 is 0. The lowest BCUT2D eigenvalue weighted by Gasteiger charge is -2.32. The molecule has 3 aliphatic heterocycles. The zero-order chi connectivity index (χ0) is 16.0. The van der Waals surface area contributed by atoms with Crippen molar-refractivity contribution < 1.29 is 4.92 Å². The Morgan fingerprint density at radius 3 is 2.61 bits per heavy atom. The first-order chi connectivity index (χ1) is 11.1. The minimum atomic E-state index is -0.311. The van der Waals surface area contributed by atoms with Crippen molar-refractivity contribution in [2.45, 2.75) is 25.8 Å². The molecule has 0 amide bonds. The Bertz CT molecular complexity index is 769. The molecule has 0 N–H and O–H groups in total. The number of aromatic nitrogens is 1. The Morgan fingerprint density at radius 1 is 1.13 bits per heavy atom. The number of nitrogens with zero attached hydrogens (tertiary/aromatic N) is 4. The molecule has 0 radical (unpaired) electrons. The number of rotatable bonds is 2. The van der Waals surface area contributed by atoms with Crippen molar-refractivity contribution >= 4 is 22.4 Å². The highest BCUT2D eigenvalue weighted by Gasteiger charge is 2.30. The lowest BCUT2D eigenvalue weighted by Crippen LogP contribution is -2.38. The lowest BCUT2D eigenvalue weighted by atomic mass is 10.0. The average molecular weight is 312 g/mol. The van der Waals surface area contributed by atoms with Crippen LogP contribution in [0.25, 0.3) is 10.9 Å². The Labute approximate surface area is 134 Å². The third-order valence-electron chi connectivity index (χ3n) is 5.15. The predicted molar refractivity (Wildman–Crippen MR) is 89.9 cm³/mol. The van der Waals surface area contributed by atoms with E-state index in [4.69, 9.17) is 4.98 Å². The summed E-state index contributed by atoms with van der Waals surface area (Å²) in [7, 11) is 0. The number of nitro benzene ring substituents is 1. The van der Waals surface area contributed by atoms with Crippen molar-refractivity contribution in [2.24, 2.45) is 0 Å². The number of benzene rings is 1. The summed E-state index contributed by atoms with van der Waals surface area (Å²) in [6.07, 6.45) is 2.30. The van der Waals surface area contributed by atoms with Crippen LogP contribution in [0.4, 0.5) is 11.5 Å². The molecule has 2 bridgehead atoms. The maximum atomic E-state index is 11.5. The van der Waals surface area contributed by atoms with Crippen LogP contribution in [0.2, 0.25) is 0 Å². The summed E-state index contributed by atoms with van der Waals surface area (Å²) in [5, 5.41) is 12.3. The van der Waals surface area contributed by atoms with E-state index in [2.05, 4.69) is 9.80 Å². The van der Waals surface area contributed by atoms with Crippen molar-refractivity contribution in [2.75, 3.05) is 31.1 Å². The molecule has 3 aliphatic rings. The molecule has 0 atom stereocenters. The van der Waals surface area contributed by atoms with Gasteiger partial charge in [0.25, 0.3) is 5.69 Å². The zero-order valence-electron chi connectivity index (χ0n) is 13.2. The molecular weight excluding hydrogens is 292 g/mol. The average Bonchev–Trinajstić information content (AvgIpc) is 2.87. The van der Waals surface area contributed by atoms with Gasteiger partial charge in [0, 0.05) is 43.2 Å². The van der Waals surface area contributed by atoms with Crippen molar-refractivity contribution in [3.63, 3.8) is 0 Å². The summed E-state index contributed by atoms with van der Waals surface area (Å²) in [6, 6.07) is 8.18. The molecule has 23 heavy (non-hydrogen) atoms. The first-order valence-electron chi connectivity index (χ1n) is 8.17. The maximum Gasteiger partial charge on any atom is 0.298 e. The highest BCUT2D eigenvalue weighted by atomic mass is 16.6. The van der Waals surface area contributed by atoms with E-state index in [1.54, 1.807) is 13.0 Å². The van der Waals surface area contributed by atoms with Gasteiger partial charge in [0.2, 0.25) is 0 Å². The van der Waals surface area contributed by atoms with Gasteiger partial charge in [-0.1, -0.05) is 12.1 Å². The zero-order valence-corrected chi connectivity index (χ0v) is 13.2. The van der Waals surface area contributed by atoms with Crippen LogP contribution >= 0.6 is 0 Å². The van der Waals surface area contributed by atoms with Gasteiger partial charge in [0.05, 0.1) is 4.92 Å². The van der Waals surface area contributed by atoms with E-state index < -0.39 is 0 Å². The van der Waals surface area contributed by atoms with Gasteiger partial charge in [-0.25, -0.2) is 4.98 Å². The SMILES string of the molecule is Cc1ccc2ccc(N3CCN4CCC3CC4)nc2c1[N+](=O)[O-]. The molecule has 3 fully saturated rings. The number of piperidine rings is 1. The first-order valence-corrected chi connectivity index (χ1v) is 8.17. The van der Waals surface area contributed by atoms with E-state index in [1.807, 2.05) is 18.2 Å². The van der Waals surface area contributed by atoms with Crippen molar-refractivity contribution in [1.29, 1.82) is 0 Å². The number of hydrogen-bond donors (Lipinski definition) is 0. The van der Waals surface area contributed by atoms with Crippen LogP contribution in [0.1, 0.15) is 18.4 Å². The molecule has 120 valence electrons. The normalized spacial score (nSPS) is 24.0. The van der Waals surface area contributed by atoms with Crippen LogP contribution in [0.3, 0.4) is 0 Å². The van der Waals surface area contributed by atoms with Crippen LogP contribution in [-0.2, 0) is 0 Å². The smallest absolute Gasteiger partial charge is 0.298 e. The monoisotopic (exact) mass is 312 g/mol. The second kappa shape index (κ2) is 5.45. The molecule has 0 spiro atoms. The molecule has 5 rings (SSSR count). The minimum absolute atomic E-state index is 0.132. The van der Waals surface area contributed by atoms with Gasteiger partial charge in [-0.05, 0) is 31.9 Å². The van der Waals surface area contributed by atoms with Crippen LogP contribution < -0.4 is 4.90 Å². The van der Waals surface area contributed by atoms with Crippen molar-refractivity contribution in [1.82, 2.24) is 9.88 Å². The quantitative estimate of drug-likeness (QED) is 0.630. The van der Waals surface area contributed by atoms with E-state index in [1.165, 1.54) is 0 Å². The largest absolute Gasteiger partial charge is 0.352 e. The molecule has 2 aromatic rings. The fourth-order valence-electron chi connectivity index (χ4n) is 3.84. The first kappa shape index (κ1) is 14.4. The second-order valence-corrected chi connectivity index (χ2v) is 6.50. The third-order valence-corrected chi connectivity index (χ3v) is 5.15. The molecule has 3 saturated heterocycles. The maximum absolute atomic E-state index is 11.5. The van der Waals surface area contributed by atoms with Crippen molar-refractivity contribution in [3.8, 4) is 0 Å². The summed E-state index contributed by atoms with van der Waals surface area (Å²) in [6.45, 7) is 6.06. The number of fused-ring (bicyclic) bond motifs is 5. The molecule has 1 aromatic heterocycles. The van der Waals surface area contributed by atoms with E-state index in [9.17, 15) is 10.1 Å². The summed E-state index contributed by atoms with van der Waals surface area (Å²) in [5.74, 6) is 0.875. The Morgan fingerprint density at radius 2 is 1.87 bits per heavy atom. The molecule has 6 nitrogen and oxygen atoms in total.